The number of thiazole rings is 1. The highest BCUT2D eigenvalue weighted by Gasteiger charge is 2.46. The molecule has 2 unspecified atom stereocenters. The Bertz CT molecular complexity index is 2230. The van der Waals surface area contributed by atoms with Crippen LogP contribution in [-0.2, 0) is 19.2 Å². The summed E-state index contributed by atoms with van der Waals surface area (Å²) in [6.07, 6.45) is 5.63. The Hall–Kier alpha value is -5.16. The normalized spacial score (nSPS) is 16.7. The third-order valence-electron chi connectivity index (χ3n) is 12.8. The van der Waals surface area contributed by atoms with E-state index in [0.717, 1.165) is 69.8 Å². The lowest BCUT2D eigenvalue weighted by molar-refractivity contribution is -0.155. The van der Waals surface area contributed by atoms with E-state index >= 15 is 4.79 Å². The Balaban J connectivity index is 1.83. The maximum atomic E-state index is 15.2. The van der Waals surface area contributed by atoms with Gasteiger partial charge in [0.2, 0.25) is 5.91 Å². The zero-order valence-corrected chi connectivity index (χ0v) is 39.2. The molecular formula is C50H65N5O5S. The number of hydrogen-bond acceptors (Lipinski definition) is 8. The Morgan fingerprint density at radius 2 is 1.39 bits per heavy atom. The number of aromatic nitrogens is 1. The fourth-order valence-corrected chi connectivity index (χ4v) is 9.09. The Morgan fingerprint density at radius 1 is 0.820 bits per heavy atom. The maximum absolute atomic E-state index is 15.2. The number of hydrazine groups is 1. The average Bonchev–Trinajstić information content (AvgIpc) is 3.62. The monoisotopic (exact) mass is 847 g/mol. The van der Waals surface area contributed by atoms with Crippen molar-refractivity contribution in [2.45, 2.75) is 121 Å². The number of anilines is 1. The van der Waals surface area contributed by atoms with Crippen LogP contribution in [-0.4, -0.2) is 68.6 Å². The number of rotatable bonds is 14. The third kappa shape index (κ3) is 9.98. The van der Waals surface area contributed by atoms with Crippen molar-refractivity contribution in [3.05, 3.63) is 98.6 Å². The van der Waals surface area contributed by atoms with Crippen LogP contribution >= 0.6 is 11.3 Å². The highest BCUT2D eigenvalue weighted by molar-refractivity contribution is 7.17. The standard InChI is InChI=1S/C50H65N5O5S/c1-29(2)34(9)27-52(28-35(10)30(3)4)50-51-45(43-33(8)25-24-32(7)36(43)11)42(61-50)26-41-37(12)44(48(59)53(38(13)56)40-22-18-15-19-23-40)49(60)55(47(41)58)54(31(5)6)46(57)39-20-16-14-17-21-39/h14,16-17,20-21,24-26,29-30,34-35,40H,5,15,18-19,22-23,27-28H2,1-4,6-13H3/b41-26-. The second kappa shape index (κ2) is 19.7. The van der Waals surface area contributed by atoms with Gasteiger partial charge in [-0.3, -0.25) is 28.9 Å². The first kappa shape index (κ1) is 46.9. The van der Waals surface area contributed by atoms with Crippen molar-refractivity contribution >= 4 is 52.1 Å². The number of imide groups is 2. The summed E-state index contributed by atoms with van der Waals surface area (Å²) in [4.78, 5) is 82.3. The number of allylic oxidation sites excluding steroid dienone is 1. The first-order valence-electron chi connectivity index (χ1n) is 21.8. The molecule has 2 atom stereocenters. The molecular weight excluding hydrogens is 783 g/mol. The van der Waals surface area contributed by atoms with Crippen molar-refractivity contribution < 1.29 is 24.0 Å². The van der Waals surface area contributed by atoms with Gasteiger partial charge >= 0.3 is 0 Å². The van der Waals surface area contributed by atoms with Gasteiger partial charge in [0.25, 0.3) is 23.6 Å². The van der Waals surface area contributed by atoms with Gasteiger partial charge in [0.1, 0.15) is 5.57 Å². The van der Waals surface area contributed by atoms with Crippen LogP contribution in [0.25, 0.3) is 17.3 Å². The molecule has 0 N–H and O–H groups in total. The Morgan fingerprint density at radius 3 is 1.93 bits per heavy atom. The predicted octanol–water partition coefficient (Wildman–Crippen LogP) is 10.5. The molecule has 1 aliphatic carbocycles. The molecule has 5 rings (SSSR count). The molecule has 1 aliphatic heterocycles. The summed E-state index contributed by atoms with van der Waals surface area (Å²) in [5, 5.41) is 2.48. The summed E-state index contributed by atoms with van der Waals surface area (Å²) >= 11 is 1.47. The third-order valence-corrected chi connectivity index (χ3v) is 13.8. The van der Waals surface area contributed by atoms with Crippen LogP contribution < -0.4 is 4.90 Å². The van der Waals surface area contributed by atoms with Crippen molar-refractivity contribution in [3.63, 3.8) is 0 Å². The largest absolute Gasteiger partial charge is 0.348 e. The molecule has 0 radical (unpaired) electrons. The van der Waals surface area contributed by atoms with Crippen molar-refractivity contribution in [2.75, 3.05) is 18.0 Å². The van der Waals surface area contributed by atoms with Crippen molar-refractivity contribution in [3.8, 4) is 11.3 Å². The lowest BCUT2D eigenvalue weighted by atomic mass is 9.90. The number of hydrogen-bond donors (Lipinski definition) is 0. The molecule has 2 heterocycles. The van der Waals surface area contributed by atoms with Crippen molar-refractivity contribution in [1.29, 1.82) is 0 Å². The molecule has 10 nitrogen and oxygen atoms in total. The molecule has 2 aromatic carbocycles. The van der Waals surface area contributed by atoms with E-state index in [0.29, 0.717) is 47.1 Å². The number of benzene rings is 2. The summed E-state index contributed by atoms with van der Waals surface area (Å²) in [6, 6.07) is 12.1. The molecule has 11 heteroatoms. The van der Waals surface area contributed by atoms with E-state index in [4.69, 9.17) is 4.98 Å². The van der Waals surface area contributed by atoms with E-state index in [1.807, 2.05) is 6.92 Å². The first-order valence-corrected chi connectivity index (χ1v) is 22.6. The molecule has 61 heavy (non-hydrogen) atoms. The zero-order chi connectivity index (χ0) is 45.0. The smallest absolute Gasteiger partial charge is 0.286 e. The summed E-state index contributed by atoms with van der Waals surface area (Å²) in [5.74, 6) is -2.14. The quantitative estimate of drug-likeness (QED) is 0.0902. The van der Waals surface area contributed by atoms with Crippen LogP contribution in [0.4, 0.5) is 5.13 Å². The topological polar surface area (TPSA) is 111 Å². The molecule has 5 amide bonds. The highest BCUT2D eigenvalue weighted by atomic mass is 32.1. The number of nitrogens with zero attached hydrogens (tertiary/aromatic N) is 5. The molecule has 2 aliphatic rings. The molecule has 326 valence electrons. The Labute approximate surface area is 367 Å². The van der Waals surface area contributed by atoms with Gasteiger partial charge in [-0.05, 0) is 112 Å². The van der Waals surface area contributed by atoms with E-state index in [1.165, 1.54) is 30.1 Å². The van der Waals surface area contributed by atoms with E-state index in [2.05, 4.69) is 79.0 Å². The van der Waals surface area contributed by atoms with Crippen LogP contribution in [0.1, 0.15) is 126 Å². The minimum Gasteiger partial charge on any atom is -0.348 e. The second-order valence-electron chi connectivity index (χ2n) is 17.9. The van der Waals surface area contributed by atoms with E-state index in [-0.39, 0.29) is 28.0 Å². The number of carbonyl (C=O) groups excluding carboxylic acids is 5. The first-order chi connectivity index (χ1) is 28.8. The highest BCUT2D eigenvalue weighted by Crippen LogP contribution is 2.42. The van der Waals surface area contributed by atoms with Gasteiger partial charge < -0.3 is 4.90 Å². The van der Waals surface area contributed by atoms with Crippen LogP contribution in [0.3, 0.4) is 0 Å². The van der Waals surface area contributed by atoms with Gasteiger partial charge in [-0.1, -0.05) is 109 Å². The van der Waals surface area contributed by atoms with Gasteiger partial charge in [-0.2, -0.15) is 5.01 Å². The summed E-state index contributed by atoms with van der Waals surface area (Å²) in [7, 11) is 0. The van der Waals surface area contributed by atoms with Crippen molar-refractivity contribution in [2.24, 2.45) is 23.7 Å². The number of carbonyl (C=O) groups is 5. The number of amides is 5. The molecule has 3 aromatic rings. The van der Waals surface area contributed by atoms with Crippen LogP contribution in [0, 0.1) is 44.4 Å². The second-order valence-corrected chi connectivity index (χ2v) is 18.9. The summed E-state index contributed by atoms with van der Waals surface area (Å²) in [6.45, 7) is 29.6. The molecule has 1 fully saturated rings. The van der Waals surface area contributed by atoms with E-state index in [1.54, 1.807) is 43.3 Å². The van der Waals surface area contributed by atoms with Crippen molar-refractivity contribution in [1.82, 2.24) is 19.9 Å². The lowest BCUT2D eigenvalue weighted by Gasteiger charge is -2.39. The summed E-state index contributed by atoms with van der Waals surface area (Å²) < 4.78 is 0. The average molecular weight is 848 g/mol. The minimum atomic E-state index is -0.994. The van der Waals surface area contributed by atoms with Gasteiger partial charge in [-0.25, -0.2) is 9.99 Å². The van der Waals surface area contributed by atoms with Crippen LogP contribution in [0.5, 0.6) is 0 Å². The van der Waals surface area contributed by atoms with Gasteiger partial charge in [-0.15, -0.1) is 0 Å². The maximum Gasteiger partial charge on any atom is 0.286 e. The van der Waals surface area contributed by atoms with Gasteiger partial charge in [0.05, 0.1) is 10.6 Å². The molecule has 0 spiro atoms. The SMILES string of the molecule is C=C(C)N(C(=O)c1ccccc1)N1C(=O)C(C(=O)N(C(C)=O)C2CCCCC2)=C(C)/C(=C/c2sc(N(CC(C)C(C)C)CC(C)C(C)C)nc2-c2c(C)ccc(C)c2C)C1=O. The molecule has 1 aromatic heterocycles. The number of aryl methyl sites for hydroxylation is 2. The fraction of sp³-hybridized carbons (Fsp3) is 0.480. The van der Waals surface area contributed by atoms with E-state index < -0.39 is 35.6 Å². The minimum absolute atomic E-state index is 0.0410. The van der Waals surface area contributed by atoms with Crippen LogP contribution in [0.15, 0.2) is 71.5 Å². The van der Waals surface area contributed by atoms with Gasteiger partial charge in [0.15, 0.2) is 5.13 Å². The zero-order valence-electron chi connectivity index (χ0n) is 38.3. The van der Waals surface area contributed by atoms with Gasteiger partial charge in [0, 0.05) is 48.5 Å². The lowest BCUT2D eigenvalue weighted by Crippen LogP contribution is -2.57. The predicted molar refractivity (Wildman–Crippen MR) is 246 cm³/mol. The van der Waals surface area contributed by atoms with Crippen LogP contribution in [0.2, 0.25) is 0 Å². The fourth-order valence-electron chi connectivity index (χ4n) is 8.06. The summed E-state index contributed by atoms with van der Waals surface area (Å²) in [5.41, 5.74) is 4.93. The Kier molecular flexibility index (Phi) is 15.1. The molecule has 1 saturated carbocycles. The molecule has 0 bridgehead atoms. The molecule has 0 saturated heterocycles. The van der Waals surface area contributed by atoms with E-state index in [9.17, 15) is 19.2 Å².